The summed E-state index contributed by atoms with van der Waals surface area (Å²) in [6, 6.07) is 0. The first kappa shape index (κ1) is 38.9. The molecule has 0 aliphatic heterocycles. The highest BCUT2D eigenvalue weighted by atomic mass is 16.4. The van der Waals surface area contributed by atoms with E-state index in [0.717, 1.165) is 37.5 Å². The highest BCUT2D eigenvalue weighted by molar-refractivity contribution is 5.75. The molecular formula is C37H70O3. The van der Waals surface area contributed by atoms with Crippen LogP contribution in [0.1, 0.15) is 201 Å². The van der Waals surface area contributed by atoms with E-state index in [0.29, 0.717) is 12.2 Å². The lowest BCUT2D eigenvalue weighted by atomic mass is 9.78. The van der Waals surface area contributed by atoms with Crippen LogP contribution in [0.15, 0.2) is 12.2 Å². The summed E-state index contributed by atoms with van der Waals surface area (Å²) in [5.41, 5.74) is 0. The zero-order valence-electron chi connectivity index (χ0n) is 27.4. The summed E-state index contributed by atoms with van der Waals surface area (Å²) in [7, 11) is 0. The fourth-order valence-electron chi connectivity index (χ4n) is 6.18. The number of aliphatic carboxylic acids is 1. The summed E-state index contributed by atoms with van der Waals surface area (Å²) >= 11 is 0. The topological polar surface area (TPSA) is 54.4 Å². The van der Waals surface area contributed by atoms with Crippen molar-refractivity contribution in [3.8, 4) is 0 Å². The quantitative estimate of drug-likeness (QED) is 0.0655. The molecule has 3 heteroatoms. The summed E-state index contributed by atoms with van der Waals surface area (Å²) in [4.78, 5) is 22.0. The van der Waals surface area contributed by atoms with Crippen molar-refractivity contribution < 1.29 is 14.7 Å². The second-order valence-electron chi connectivity index (χ2n) is 12.7. The van der Waals surface area contributed by atoms with Gasteiger partial charge in [-0.1, -0.05) is 154 Å². The molecule has 3 nitrogen and oxygen atoms in total. The second-order valence-corrected chi connectivity index (χ2v) is 12.7. The van der Waals surface area contributed by atoms with Crippen molar-refractivity contribution in [1.29, 1.82) is 0 Å². The number of hydrogen-bond acceptors (Lipinski definition) is 2. The van der Waals surface area contributed by atoms with Crippen molar-refractivity contribution in [2.24, 2.45) is 11.8 Å². The van der Waals surface area contributed by atoms with Crippen LogP contribution in [-0.2, 0) is 9.59 Å². The van der Waals surface area contributed by atoms with Crippen LogP contribution in [0.4, 0.5) is 0 Å². The Morgan fingerprint density at radius 3 is 1.40 bits per heavy atom. The molecule has 40 heavy (non-hydrogen) atoms. The van der Waals surface area contributed by atoms with E-state index in [1.165, 1.54) is 148 Å². The number of carbonyl (C=O) groups excluding carboxylic acids is 1. The van der Waals surface area contributed by atoms with Gasteiger partial charge in [0.1, 0.15) is 5.78 Å². The minimum Gasteiger partial charge on any atom is -0.481 e. The number of rotatable bonds is 32. The summed E-state index contributed by atoms with van der Waals surface area (Å²) in [6.45, 7) is 6.29. The van der Waals surface area contributed by atoms with Crippen LogP contribution in [0.5, 0.6) is 0 Å². The third kappa shape index (κ3) is 28.4. The molecule has 0 aliphatic carbocycles. The maximum atomic E-state index is 11.2. The first-order valence-electron chi connectivity index (χ1n) is 17.9. The van der Waals surface area contributed by atoms with Gasteiger partial charge in [0.05, 0.1) is 0 Å². The Bertz CT molecular complexity index is 582. The van der Waals surface area contributed by atoms with E-state index in [2.05, 4.69) is 26.0 Å². The lowest BCUT2D eigenvalue weighted by molar-refractivity contribution is -0.137. The van der Waals surface area contributed by atoms with E-state index in [-0.39, 0.29) is 0 Å². The molecular weight excluding hydrogens is 492 g/mol. The van der Waals surface area contributed by atoms with E-state index in [9.17, 15) is 9.59 Å². The van der Waals surface area contributed by atoms with Crippen molar-refractivity contribution in [2.75, 3.05) is 0 Å². The third-order valence-corrected chi connectivity index (χ3v) is 8.76. The molecule has 0 fully saturated rings. The summed E-state index contributed by atoms with van der Waals surface area (Å²) < 4.78 is 0. The number of carboxylic acid groups (broad SMARTS) is 1. The molecule has 0 aromatic carbocycles. The lowest BCUT2D eigenvalue weighted by Gasteiger charge is -2.28. The number of carboxylic acids is 1. The van der Waals surface area contributed by atoms with Crippen LogP contribution >= 0.6 is 0 Å². The molecule has 0 rings (SSSR count). The normalized spacial score (nSPS) is 13.2. The molecule has 2 unspecified atom stereocenters. The van der Waals surface area contributed by atoms with Gasteiger partial charge in [0.15, 0.2) is 0 Å². The van der Waals surface area contributed by atoms with Gasteiger partial charge in [0, 0.05) is 12.8 Å². The van der Waals surface area contributed by atoms with Gasteiger partial charge in [-0.2, -0.15) is 0 Å². The van der Waals surface area contributed by atoms with Gasteiger partial charge >= 0.3 is 5.97 Å². The Kier molecular flexibility index (Phi) is 30.0. The summed E-state index contributed by atoms with van der Waals surface area (Å²) in [5, 5.41) is 8.89. The maximum Gasteiger partial charge on any atom is 0.303 e. The first-order chi connectivity index (χ1) is 19.5. The Morgan fingerprint density at radius 1 is 0.500 bits per heavy atom. The second kappa shape index (κ2) is 30.8. The highest BCUT2D eigenvalue weighted by Crippen LogP contribution is 2.33. The number of Topliss-reactive ketones (excluding diaryl/α,β-unsaturated/α-hetero) is 1. The largest absolute Gasteiger partial charge is 0.481 e. The fourth-order valence-corrected chi connectivity index (χ4v) is 6.18. The van der Waals surface area contributed by atoms with Gasteiger partial charge in [-0.25, -0.2) is 0 Å². The van der Waals surface area contributed by atoms with Crippen LogP contribution in [-0.4, -0.2) is 16.9 Å². The molecule has 0 aromatic rings. The van der Waals surface area contributed by atoms with Gasteiger partial charge < -0.3 is 9.90 Å². The number of hydrogen-bond donors (Lipinski definition) is 1. The van der Waals surface area contributed by atoms with Gasteiger partial charge in [0.2, 0.25) is 0 Å². The molecule has 2 atom stereocenters. The Balaban J connectivity index is 4.82. The molecule has 236 valence electrons. The van der Waals surface area contributed by atoms with Crippen molar-refractivity contribution in [1.82, 2.24) is 0 Å². The SMILES string of the molecule is CCCCC/C=C\CCC(CCCCCCCC(=O)O)C(CCCCCCCC)CCCCCCCCC(C)=O. The Morgan fingerprint density at radius 2 is 0.900 bits per heavy atom. The zero-order valence-corrected chi connectivity index (χ0v) is 27.4. The third-order valence-electron chi connectivity index (χ3n) is 8.76. The molecule has 0 aromatic heterocycles. The zero-order chi connectivity index (χ0) is 29.5. The van der Waals surface area contributed by atoms with Gasteiger partial charge in [-0.3, -0.25) is 4.79 Å². The molecule has 0 saturated heterocycles. The van der Waals surface area contributed by atoms with E-state index in [4.69, 9.17) is 5.11 Å². The molecule has 0 radical (unpaired) electrons. The van der Waals surface area contributed by atoms with Crippen LogP contribution in [0.25, 0.3) is 0 Å². The van der Waals surface area contributed by atoms with Crippen LogP contribution < -0.4 is 0 Å². The van der Waals surface area contributed by atoms with E-state index in [1.54, 1.807) is 6.92 Å². The number of unbranched alkanes of at least 4 members (excludes halogenated alkanes) is 17. The van der Waals surface area contributed by atoms with Crippen molar-refractivity contribution in [3.63, 3.8) is 0 Å². The number of allylic oxidation sites excluding steroid dienone is 2. The number of carbonyl (C=O) groups is 2. The van der Waals surface area contributed by atoms with Crippen LogP contribution in [0.2, 0.25) is 0 Å². The van der Waals surface area contributed by atoms with E-state index >= 15 is 0 Å². The van der Waals surface area contributed by atoms with E-state index < -0.39 is 5.97 Å². The van der Waals surface area contributed by atoms with E-state index in [1.807, 2.05) is 0 Å². The summed E-state index contributed by atoms with van der Waals surface area (Å²) in [6.07, 6.45) is 39.5. The van der Waals surface area contributed by atoms with Gasteiger partial charge in [0.25, 0.3) is 0 Å². The smallest absolute Gasteiger partial charge is 0.303 e. The highest BCUT2D eigenvalue weighted by Gasteiger charge is 2.20. The summed E-state index contributed by atoms with van der Waals surface area (Å²) in [5.74, 6) is 1.38. The van der Waals surface area contributed by atoms with Crippen LogP contribution in [0.3, 0.4) is 0 Å². The lowest BCUT2D eigenvalue weighted by Crippen LogP contribution is -2.16. The minimum atomic E-state index is -0.656. The first-order valence-corrected chi connectivity index (χ1v) is 17.9. The van der Waals surface area contributed by atoms with Gasteiger partial charge in [-0.15, -0.1) is 0 Å². The van der Waals surface area contributed by atoms with Crippen molar-refractivity contribution >= 4 is 11.8 Å². The molecule has 0 heterocycles. The maximum absolute atomic E-state index is 11.2. The molecule has 0 aliphatic rings. The predicted molar refractivity (Wildman–Crippen MR) is 175 cm³/mol. The number of ketones is 1. The molecule has 0 amide bonds. The monoisotopic (exact) mass is 563 g/mol. The molecule has 1 N–H and O–H groups in total. The Labute approximate surface area is 250 Å². The standard InChI is InChI=1S/C37H70O3/c1-4-6-8-10-12-18-24-30-36(32-26-20-15-21-27-33-37(39)40)35(29-23-17-11-9-7-5-2)31-25-19-14-13-16-22-28-34(3)38/h12,18,35-36H,4-11,13-17,19-33H2,1-3H3,(H,39,40)/b18-12-. The van der Waals surface area contributed by atoms with Crippen LogP contribution in [0, 0.1) is 11.8 Å². The molecule has 0 spiro atoms. The predicted octanol–water partition coefficient (Wildman–Crippen LogP) is 12.4. The van der Waals surface area contributed by atoms with Crippen molar-refractivity contribution in [3.05, 3.63) is 12.2 Å². The van der Waals surface area contributed by atoms with Crippen molar-refractivity contribution in [2.45, 2.75) is 201 Å². The minimum absolute atomic E-state index is 0.324. The average molecular weight is 563 g/mol. The molecule has 0 bridgehead atoms. The average Bonchev–Trinajstić information content (AvgIpc) is 2.92. The molecule has 0 saturated carbocycles. The van der Waals surface area contributed by atoms with Gasteiger partial charge in [-0.05, 0) is 57.3 Å². The fraction of sp³-hybridized carbons (Fsp3) is 0.892. The Hall–Kier alpha value is -1.12.